The Bertz CT molecular complexity index is 1330. The number of likely N-dealkylation sites (tertiary alicyclic amines) is 1. The van der Waals surface area contributed by atoms with Crippen LogP contribution in [0.3, 0.4) is 0 Å². The Hall–Kier alpha value is -3.45. The molecule has 176 valence electrons. The number of amides is 1. The highest BCUT2D eigenvalue weighted by Gasteiger charge is 2.35. The molecule has 0 unspecified atom stereocenters. The standard InChI is InChI=1S/C24H27FN8O/c1-15-8-18-20(12-30(15)14-23(34)29-6-3-7-29)28-32-16(2)11-31(13-22(18)32)21-5-4-17(9-26)33-24(21)19(25)10-27-33/h4-5,10,15-16H,3,6-8,11-14H2,1-2H3/t15-,16+/m0/s1. The lowest BCUT2D eigenvalue weighted by Crippen LogP contribution is -2.50. The van der Waals surface area contributed by atoms with Crippen molar-refractivity contribution in [3.05, 3.63) is 46.8 Å². The molecule has 0 radical (unpaired) electrons. The van der Waals surface area contributed by atoms with E-state index in [1.165, 1.54) is 10.1 Å². The van der Waals surface area contributed by atoms with Gasteiger partial charge in [0.2, 0.25) is 5.91 Å². The van der Waals surface area contributed by atoms with Crippen LogP contribution in [0.2, 0.25) is 0 Å². The number of pyridine rings is 1. The van der Waals surface area contributed by atoms with E-state index < -0.39 is 5.82 Å². The second kappa shape index (κ2) is 7.81. The molecule has 6 heterocycles. The molecule has 1 amide bonds. The van der Waals surface area contributed by atoms with E-state index in [4.69, 9.17) is 5.10 Å². The molecule has 2 atom stereocenters. The molecule has 10 heteroatoms. The van der Waals surface area contributed by atoms with Gasteiger partial charge in [-0.2, -0.15) is 15.5 Å². The van der Waals surface area contributed by atoms with E-state index in [-0.39, 0.29) is 18.0 Å². The number of carbonyl (C=O) groups excluding carboxylic acids is 1. The topological polar surface area (TPSA) is 85.7 Å². The highest BCUT2D eigenvalue weighted by Crippen LogP contribution is 2.35. The molecule has 34 heavy (non-hydrogen) atoms. The summed E-state index contributed by atoms with van der Waals surface area (Å²) in [5, 5.41) is 18.4. The minimum Gasteiger partial charge on any atom is -0.362 e. The summed E-state index contributed by atoms with van der Waals surface area (Å²) in [4.78, 5) is 18.9. The van der Waals surface area contributed by atoms with E-state index in [2.05, 4.69) is 39.5 Å². The molecule has 0 aliphatic carbocycles. The van der Waals surface area contributed by atoms with Crippen LogP contribution in [0.25, 0.3) is 5.52 Å². The number of halogens is 1. The van der Waals surface area contributed by atoms with E-state index in [1.54, 1.807) is 6.07 Å². The number of nitriles is 1. The molecule has 0 bridgehead atoms. The molecular weight excluding hydrogens is 435 g/mol. The summed E-state index contributed by atoms with van der Waals surface area (Å²) in [5.41, 5.74) is 4.80. The van der Waals surface area contributed by atoms with Crippen LogP contribution in [0.5, 0.6) is 0 Å². The summed E-state index contributed by atoms with van der Waals surface area (Å²) in [6.07, 6.45) is 3.10. The number of aromatic nitrogens is 4. The van der Waals surface area contributed by atoms with Crippen molar-refractivity contribution in [2.75, 3.05) is 31.1 Å². The van der Waals surface area contributed by atoms with Gasteiger partial charge in [0.25, 0.3) is 0 Å². The van der Waals surface area contributed by atoms with Gasteiger partial charge in [-0.25, -0.2) is 8.91 Å². The maximum absolute atomic E-state index is 14.7. The highest BCUT2D eigenvalue weighted by atomic mass is 19.1. The van der Waals surface area contributed by atoms with Crippen LogP contribution in [-0.4, -0.2) is 67.3 Å². The second-order valence-corrected chi connectivity index (χ2v) is 9.71. The van der Waals surface area contributed by atoms with Crippen molar-refractivity contribution in [2.45, 2.75) is 51.9 Å². The average Bonchev–Trinajstić information content (AvgIpc) is 3.33. The summed E-state index contributed by atoms with van der Waals surface area (Å²) >= 11 is 0. The summed E-state index contributed by atoms with van der Waals surface area (Å²) in [7, 11) is 0. The van der Waals surface area contributed by atoms with Crippen molar-refractivity contribution in [2.24, 2.45) is 0 Å². The molecule has 3 aliphatic rings. The van der Waals surface area contributed by atoms with Crippen LogP contribution < -0.4 is 4.90 Å². The predicted molar refractivity (Wildman–Crippen MR) is 123 cm³/mol. The Morgan fingerprint density at radius 3 is 2.79 bits per heavy atom. The number of nitrogens with zero attached hydrogens (tertiary/aromatic N) is 8. The number of hydrogen-bond acceptors (Lipinski definition) is 6. The Morgan fingerprint density at radius 2 is 2.06 bits per heavy atom. The van der Waals surface area contributed by atoms with Crippen LogP contribution in [0, 0.1) is 17.1 Å². The maximum atomic E-state index is 14.7. The molecule has 1 saturated heterocycles. The first-order valence-corrected chi connectivity index (χ1v) is 11.9. The monoisotopic (exact) mass is 462 g/mol. The fourth-order valence-corrected chi connectivity index (χ4v) is 5.49. The van der Waals surface area contributed by atoms with Gasteiger partial charge in [0.15, 0.2) is 5.82 Å². The van der Waals surface area contributed by atoms with Crippen molar-refractivity contribution in [3.63, 3.8) is 0 Å². The normalized spacial score (nSPS) is 22.3. The number of anilines is 1. The molecule has 3 aromatic heterocycles. The fraction of sp³-hybridized carbons (Fsp3) is 0.500. The van der Waals surface area contributed by atoms with Gasteiger partial charge in [-0.15, -0.1) is 0 Å². The Morgan fingerprint density at radius 1 is 1.24 bits per heavy atom. The highest BCUT2D eigenvalue weighted by molar-refractivity contribution is 5.79. The molecule has 9 nitrogen and oxygen atoms in total. The van der Waals surface area contributed by atoms with Gasteiger partial charge in [-0.1, -0.05) is 0 Å². The van der Waals surface area contributed by atoms with Crippen molar-refractivity contribution in [1.82, 2.24) is 29.2 Å². The lowest BCUT2D eigenvalue weighted by atomic mass is 9.97. The quantitative estimate of drug-likeness (QED) is 0.593. The van der Waals surface area contributed by atoms with Crippen LogP contribution >= 0.6 is 0 Å². The Balaban J connectivity index is 1.31. The largest absolute Gasteiger partial charge is 0.362 e. The molecule has 0 aromatic carbocycles. The van der Waals surface area contributed by atoms with Gasteiger partial charge in [-0.05, 0) is 38.8 Å². The van der Waals surface area contributed by atoms with Crippen LogP contribution in [-0.2, 0) is 24.3 Å². The third-order valence-corrected chi connectivity index (χ3v) is 7.52. The summed E-state index contributed by atoms with van der Waals surface area (Å²) in [5.74, 6) is -0.227. The third kappa shape index (κ3) is 3.18. The Kier molecular flexibility index (Phi) is 4.85. The number of rotatable bonds is 3. The second-order valence-electron chi connectivity index (χ2n) is 9.71. The van der Waals surface area contributed by atoms with Crippen LogP contribution in [0.1, 0.15) is 49.0 Å². The van der Waals surface area contributed by atoms with Gasteiger partial charge in [0.05, 0.1) is 42.4 Å². The first-order valence-electron chi connectivity index (χ1n) is 11.9. The minimum atomic E-state index is -0.433. The lowest BCUT2D eigenvalue weighted by Gasteiger charge is -2.37. The van der Waals surface area contributed by atoms with Crippen LogP contribution in [0.15, 0.2) is 18.3 Å². The summed E-state index contributed by atoms with van der Waals surface area (Å²) in [6, 6.07) is 5.93. The molecule has 3 aromatic rings. The molecule has 0 saturated carbocycles. The zero-order valence-corrected chi connectivity index (χ0v) is 19.4. The SMILES string of the molecule is C[C@@H]1CN(c2ccc(C#N)n3ncc(F)c23)Cc2c3c(nn21)CN(CC(=O)N1CCC1)[C@@H](C)C3. The van der Waals surface area contributed by atoms with E-state index in [1.807, 2.05) is 11.0 Å². The zero-order chi connectivity index (χ0) is 23.6. The first kappa shape index (κ1) is 21.1. The van der Waals surface area contributed by atoms with Gasteiger partial charge in [-0.3, -0.25) is 14.4 Å². The molecule has 1 fully saturated rings. The lowest BCUT2D eigenvalue weighted by molar-refractivity contribution is -0.136. The van der Waals surface area contributed by atoms with Crippen molar-refractivity contribution >= 4 is 17.1 Å². The van der Waals surface area contributed by atoms with Gasteiger partial charge >= 0.3 is 0 Å². The fourth-order valence-electron chi connectivity index (χ4n) is 5.49. The molecule has 3 aliphatic heterocycles. The van der Waals surface area contributed by atoms with Crippen molar-refractivity contribution in [3.8, 4) is 6.07 Å². The van der Waals surface area contributed by atoms with E-state index in [9.17, 15) is 14.4 Å². The first-order chi connectivity index (χ1) is 16.4. The van der Waals surface area contributed by atoms with E-state index in [0.717, 1.165) is 49.2 Å². The third-order valence-electron chi connectivity index (χ3n) is 7.52. The smallest absolute Gasteiger partial charge is 0.236 e. The summed E-state index contributed by atoms with van der Waals surface area (Å²) in [6.45, 7) is 8.43. The predicted octanol–water partition coefficient (Wildman–Crippen LogP) is 2.10. The van der Waals surface area contributed by atoms with E-state index >= 15 is 0 Å². The van der Waals surface area contributed by atoms with Crippen LogP contribution in [0.4, 0.5) is 10.1 Å². The average molecular weight is 463 g/mol. The number of hydrogen-bond donors (Lipinski definition) is 0. The Labute approximate surface area is 196 Å². The van der Waals surface area contributed by atoms with E-state index in [0.29, 0.717) is 37.4 Å². The molecular formula is C24H27FN8O. The van der Waals surface area contributed by atoms with Crippen molar-refractivity contribution < 1.29 is 9.18 Å². The maximum Gasteiger partial charge on any atom is 0.236 e. The molecule has 6 rings (SSSR count). The zero-order valence-electron chi connectivity index (χ0n) is 19.4. The van der Waals surface area contributed by atoms with Gasteiger partial charge in [0.1, 0.15) is 17.3 Å². The van der Waals surface area contributed by atoms with Crippen molar-refractivity contribution in [1.29, 1.82) is 5.26 Å². The van der Waals surface area contributed by atoms with Gasteiger partial charge in [0, 0.05) is 37.8 Å². The molecule has 0 spiro atoms. The van der Waals surface area contributed by atoms with Gasteiger partial charge < -0.3 is 9.80 Å². The molecule has 0 N–H and O–H groups in total. The number of carbonyl (C=O) groups is 1. The minimum absolute atomic E-state index is 0.0995. The number of fused-ring (bicyclic) bond motifs is 4. The summed E-state index contributed by atoms with van der Waals surface area (Å²) < 4.78 is 18.2.